The van der Waals surface area contributed by atoms with Gasteiger partial charge in [0.25, 0.3) is 0 Å². The van der Waals surface area contributed by atoms with Gasteiger partial charge in [-0.15, -0.1) is 6.58 Å². The molecule has 1 fully saturated rings. The van der Waals surface area contributed by atoms with Crippen LogP contribution in [-0.4, -0.2) is 42.9 Å². The van der Waals surface area contributed by atoms with Crippen molar-refractivity contribution in [1.82, 2.24) is 4.90 Å². The summed E-state index contributed by atoms with van der Waals surface area (Å²) in [4.78, 5) is 27.4. The third kappa shape index (κ3) is 5.11. The molecule has 1 aromatic rings. The number of rotatable bonds is 6. The maximum atomic E-state index is 12.1. The molecular weight excluding hydrogens is 302 g/mol. The fraction of sp³-hybridized carbons (Fsp3) is 0.474. The van der Waals surface area contributed by atoms with E-state index in [2.05, 4.69) is 23.7 Å². The summed E-state index contributed by atoms with van der Waals surface area (Å²) in [6.07, 6.45) is 4.06. The molecule has 1 aromatic carbocycles. The number of amides is 2. The number of carbonyl (C=O) groups is 2. The summed E-state index contributed by atoms with van der Waals surface area (Å²) in [6.45, 7) is 9.93. The Morgan fingerprint density at radius 1 is 1.29 bits per heavy atom. The average Bonchev–Trinajstić information content (AvgIpc) is 2.56. The largest absolute Gasteiger partial charge is 0.372 e. The predicted octanol–water partition coefficient (Wildman–Crippen LogP) is 2.90. The Balaban J connectivity index is 1.90. The number of piperidine rings is 1. The summed E-state index contributed by atoms with van der Waals surface area (Å²) in [5.74, 6) is 0.464. The molecule has 1 saturated heterocycles. The summed E-state index contributed by atoms with van der Waals surface area (Å²) in [7, 11) is 0. The first-order valence-corrected chi connectivity index (χ1v) is 8.51. The molecule has 1 heterocycles. The minimum absolute atomic E-state index is 0.0348. The van der Waals surface area contributed by atoms with Crippen LogP contribution in [0.2, 0.25) is 0 Å². The molecule has 0 bridgehead atoms. The van der Waals surface area contributed by atoms with E-state index in [1.807, 2.05) is 24.3 Å². The SMILES string of the molecule is C=CCN(CC(=O)Nc1ccc(N2CCC(C)CC2)cc1)C(C)=O. The Morgan fingerprint density at radius 2 is 1.92 bits per heavy atom. The summed E-state index contributed by atoms with van der Waals surface area (Å²) in [5.41, 5.74) is 1.94. The molecule has 5 nitrogen and oxygen atoms in total. The van der Waals surface area contributed by atoms with E-state index in [9.17, 15) is 9.59 Å². The van der Waals surface area contributed by atoms with E-state index in [1.165, 1.54) is 30.4 Å². The minimum Gasteiger partial charge on any atom is -0.372 e. The van der Waals surface area contributed by atoms with Crippen LogP contribution in [0.5, 0.6) is 0 Å². The van der Waals surface area contributed by atoms with Gasteiger partial charge in [0.15, 0.2) is 0 Å². The lowest BCUT2D eigenvalue weighted by molar-refractivity contribution is -0.132. The normalized spacial score (nSPS) is 15.0. The van der Waals surface area contributed by atoms with Gasteiger partial charge in [0.2, 0.25) is 11.8 Å². The number of hydrogen-bond acceptors (Lipinski definition) is 3. The van der Waals surface area contributed by atoms with E-state index in [4.69, 9.17) is 0 Å². The molecule has 2 rings (SSSR count). The zero-order valence-corrected chi connectivity index (χ0v) is 14.6. The smallest absolute Gasteiger partial charge is 0.244 e. The Labute approximate surface area is 144 Å². The summed E-state index contributed by atoms with van der Waals surface area (Å²) in [5, 5.41) is 2.84. The maximum Gasteiger partial charge on any atom is 0.244 e. The van der Waals surface area contributed by atoms with Gasteiger partial charge < -0.3 is 15.1 Å². The van der Waals surface area contributed by atoms with Crippen LogP contribution in [0.15, 0.2) is 36.9 Å². The average molecular weight is 329 g/mol. The molecule has 1 aliphatic heterocycles. The number of carbonyl (C=O) groups excluding carboxylic acids is 2. The fourth-order valence-electron chi connectivity index (χ4n) is 2.86. The third-order valence-electron chi connectivity index (χ3n) is 4.43. The van der Waals surface area contributed by atoms with Crippen LogP contribution in [0.4, 0.5) is 11.4 Å². The van der Waals surface area contributed by atoms with Crippen molar-refractivity contribution in [2.24, 2.45) is 5.92 Å². The van der Waals surface area contributed by atoms with Crippen LogP contribution in [0.25, 0.3) is 0 Å². The highest BCUT2D eigenvalue weighted by Gasteiger charge is 2.16. The molecular formula is C19H27N3O2. The predicted molar refractivity (Wildman–Crippen MR) is 98.1 cm³/mol. The van der Waals surface area contributed by atoms with Gasteiger partial charge in [0, 0.05) is 37.9 Å². The molecule has 0 saturated carbocycles. The summed E-state index contributed by atoms with van der Waals surface area (Å²) >= 11 is 0. The Kier molecular flexibility index (Phi) is 6.41. The van der Waals surface area contributed by atoms with Crippen molar-refractivity contribution in [3.63, 3.8) is 0 Å². The Morgan fingerprint density at radius 3 is 2.46 bits per heavy atom. The molecule has 2 amide bonds. The second-order valence-corrected chi connectivity index (χ2v) is 6.45. The quantitative estimate of drug-likeness (QED) is 0.817. The second kappa shape index (κ2) is 8.52. The lowest BCUT2D eigenvalue weighted by atomic mass is 9.99. The summed E-state index contributed by atoms with van der Waals surface area (Å²) in [6, 6.07) is 7.91. The van der Waals surface area contributed by atoms with Crippen LogP contribution >= 0.6 is 0 Å². The Hall–Kier alpha value is -2.30. The van der Waals surface area contributed by atoms with Crippen molar-refractivity contribution < 1.29 is 9.59 Å². The van der Waals surface area contributed by atoms with Crippen molar-refractivity contribution in [2.75, 3.05) is 36.4 Å². The van der Waals surface area contributed by atoms with E-state index >= 15 is 0 Å². The maximum absolute atomic E-state index is 12.1. The van der Waals surface area contributed by atoms with Crippen LogP contribution in [0.3, 0.4) is 0 Å². The highest BCUT2D eigenvalue weighted by atomic mass is 16.2. The fourth-order valence-corrected chi connectivity index (χ4v) is 2.86. The van der Waals surface area contributed by atoms with Crippen LogP contribution in [0.1, 0.15) is 26.7 Å². The standard InChI is InChI=1S/C19H27N3O2/c1-4-11-22(16(3)23)14-19(24)20-17-5-7-18(8-6-17)21-12-9-15(2)10-13-21/h4-8,15H,1,9-14H2,2-3H3,(H,20,24). The molecule has 24 heavy (non-hydrogen) atoms. The van der Waals surface area contributed by atoms with Crippen molar-refractivity contribution >= 4 is 23.2 Å². The molecule has 0 aromatic heterocycles. The van der Waals surface area contributed by atoms with E-state index in [1.54, 1.807) is 6.08 Å². The molecule has 0 radical (unpaired) electrons. The topological polar surface area (TPSA) is 52.7 Å². The highest BCUT2D eigenvalue weighted by Crippen LogP contribution is 2.24. The number of benzene rings is 1. The zero-order valence-electron chi connectivity index (χ0n) is 14.6. The van der Waals surface area contributed by atoms with E-state index in [-0.39, 0.29) is 18.4 Å². The molecule has 1 aliphatic rings. The van der Waals surface area contributed by atoms with Gasteiger partial charge in [-0.3, -0.25) is 9.59 Å². The molecule has 0 aliphatic carbocycles. The lowest BCUT2D eigenvalue weighted by Crippen LogP contribution is -2.36. The van der Waals surface area contributed by atoms with Crippen molar-refractivity contribution in [3.05, 3.63) is 36.9 Å². The van der Waals surface area contributed by atoms with Gasteiger partial charge in [-0.25, -0.2) is 0 Å². The van der Waals surface area contributed by atoms with Gasteiger partial charge in [-0.1, -0.05) is 13.0 Å². The molecule has 5 heteroatoms. The van der Waals surface area contributed by atoms with Crippen LogP contribution < -0.4 is 10.2 Å². The monoisotopic (exact) mass is 329 g/mol. The van der Waals surface area contributed by atoms with Crippen molar-refractivity contribution in [1.29, 1.82) is 0 Å². The van der Waals surface area contributed by atoms with E-state index in [0.717, 1.165) is 24.7 Å². The molecule has 0 atom stereocenters. The molecule has 0 spiro atoms. The first-order chi connectivity index (χ1) is 11.5. The summed E-state index contributed by atoms with van der Waals surface area (Å²) < 4.78 is 0. The molecule has 1 N–H and O–H groups in total. The first kappa shape index (κ1) is 18.0. The minimum atomic E-state index is -0.202. The van der Waals surface area contributed by atoms with Crippen molar-refractivity contribution in [3.8, 4) is 0 Å². The van der Waals surface area contributed by atoms with Crippen LogP contribution in [-0.2, 0) is 9.59 Å². The van der Waals surface area contributed by atoms with Crippen molar-refractivity contribution in [2.45, 2.75) is 26.7 Å². The van der Waals surface area contributed by atoms with E-state index in [0.29, 0.717) is 6.54 Å². The zero-order chi connectivity index (χ0) is 17.5. The van der Waals surface area contributed by atoms with Gasteiger partial charge in [-0.05, 0) is 43.0 Å². The number of hydrogen-bond donors (Lipinski definition) is 1. The molecule has 0 unspecified atom stereocenters. The second-order valence-electron chi connectivity index (χ2n) is 6.45. The highest BCUT2D eigenvalue weighted by molar-refractivity contribution is 5.94. The Bertz CT molecular complexity index is 575. The third-order valence-corrected chi connectivity index (χ3v) is 4.43. The van der Waals surface area contributed by atoms with E-state index < -0.39 is 0 Å². The molecule has 130 valence electrons. The van der Waals surface area contributed by atoms with Gasteiger partial charge in [0.1, 0.15) is 6.54 Å². The number of nitrogens with zero attached hydrogens (tertiary/aromatic N) is 2. The van der Waals surface area contributed by atoms with Gasteiger partial charge in [0.05, 0.1) is 0 Å². The van der Waals surface area contributed by atoms with Gasteiger partial charge in [-0.2, -0.15) is 0 Å². The van der Waals surface area contributed by atoms with Crippen LogP contribution in [0, 0.1) is 5.92 Å². The lowest BCUT2D eigenvalue weighted by Gasteiger charge is -2.32. The number of anilines is 2. The van der Waals surface area contributed by atoms with Gasteiger partial charge >= 0.3 is 0 Å². The number of nitrogens with one attached hydrogen (secondary N) is 1. The first-order valence-electron chi connectivity index (χ1n) is 8.51.